The number of aryl methyl sites for hydroxylation is 1. The molecule has 3 nitrogen and oxygen atoms in total. The number of benzene rings is 1. The van der Waals surface area contributed by atoms with Crippen LogP contribution in [0.5, 0.6) is 0 Å². The molecule has 4 heteroatoms. The van der Waals surface area contributed by atoms with Crippen LogP contribution in [0.25, 0.3) is 0 Å². The van der Waals surface area contributed by atoms with E-state index in [4.69, 9.17) is 11.6 Å². The van der Waals surface area contributed by atoms with Gasteiger partial charge in [0.05, 0.1) is 12.0 Å². The Hall–Kier alpha value is -1.06. The quantitative estimate of drug-likeness (QED) is 0.852. The summed E-state index contributed by atoms with van der Waals surface area (Å²) < 4.78 is 0. The number of nitrogens with one attached hydrogen (secondary N) is 1. The van der Waals surface area contributed by atoms with Gasteiger partial charge in [-0.3, -0.25) is 4.79 Å². The zero-order valence-electron chi connectivity index (χ0n) is 9.74. The summed E-state index contributed by atoms with van der Waals surface area (Å²) in [5.74, 6) is -0.398. The van der Waals surface area contributed by atoms with Crippen molar-refractivity contribution in [3.63, 3.8) is 0 Å². The van der Waals surface area contributed by atoms with Gasteiger partial charge >= 0.3 is 0 Å². The maximum Gasteiger partial charge on any atom is 0.230 e. The number of aliphatic hydroxyl groups excluding tert-OH is 1. The Balaban J connectivity index is 2.05. The van der Waals surface area contributed by atoms with Gasteiger partial charge in [0.25, 0.3) is 0 Å². The molecule has 2 unspecified atom stereocenters. The van der Waals surface area contributed by atoms with Crippen molar-refractivity contribution in [1.29, 1.82) is 0 Å². The summed E-state index contributed by atoms with van der Waals surface area (Å²) in [6.07, 6.45) is 1.88. The van der Waals surface area contributed by atoms with Crippen molar-refractivity contribution >= 4 is 23.2 Å². The summed E-state index contributed by atoms with van der Waals surface area (Å²) in [4.78, 5) is 11.9. The maximum atomic E-state index is 11.9. The van der Waals surface area contributed by atoms with Crippen molar-refractivity contribution < 1.29 is 9.90 Å². The van der Waals surface area contributed by atoms with Crippen LogP contribution in [0.2, 0.25) is 5.02 Å². The third kappa shape index (κ3) is 2.79. The number of aliphatic hydroxyl groups is 1. The van der Waals surface area contributed by atoms with E-state index in [9.17, 15) is 9.90 Å². The summed E-state index contributed by atoms with van der Waals surface area (Å²) in [7, 11) is 0. The highest BCUT2D eigenvalue weighted by Gasteiger charge is 2.31. The SMILES string of the molecule is Cc1ccc(NC(=O)C2CCCC2O)cc1Cl. The molecule has 1 saturated carbocycles. The van der Waals surface area contributed by atoms with Gasteiger partial charge in [-0.05, 0) is 43.9 Å². The molecule has 2 atom stereocenters. The highest BCUT2D eigenvalue weighted by atomic mass is 35.5. The third-order valence-corrected chi connectivity index (χ3v) is 3.66. The second kappa shape index (κ2) is 5.07. The average Bonchev–Trinajstić information content (AvgIpc) is 2.70. The monoisotopic (exact) mass is 253 g/mol. The fourth-order valence-electron chi connectivity index (χ4n) is 2.15. The Morgan fingerprint density at radius 2 is 2.24 bits per heavy atom. The van der Waals surface area contributed by atoms with Gasteiger partial charge in [0.15, 0.2) is 0 Å². The first-order valence-corrected chi connectivity index (χ1v) is 6.21. The average molecular weight is 254 g/mol. The number of anilines is 1. The predicted octanol–water partition coefficient (Wildman–Crippen LogP) is 2.75. The molecule has 92 valence electrons. The number of carbonyl (C=O) groups is 1. The minimum Gasteiger partial charge on any atom is -0.392 e. The first-order chi connectivity index (χ1) is 8.08. The van der Waals surface area contributed by atoms with Gasteiger partial charge in [-0.2, -0.15) is 0 Å². The van der Waals surface area contributed by atoms with Crippen molar-refractivity contribution in [3.05, 3.63) is 28.8 Å². The molecule has 0 aromatic heterocycles. The number of amides is 1. The van der Waals surface area contributed by atoms with Crippen molar-refractivity contribution in [1.82, 2.24) is 0 Å². The normalized spacial score (nSPS) is 23.7. The Labute approximate surface area is 106 Å². The van der Waals surface area contributed by atoms with Crippen molar-refractivity contribution in [2.75, 3.05) is 5.32 Å². The van der Waals surface area contributed by atoms with Gasteiger partial charge in [0, 0.05) is 10.7 Å². The van der Waals surface area contributed by atoms with Crippen LogP contribution in [-0.4, -0.2) is 17.1 Å². The number of hydrogen-bond acceptors (Lipinski definition) is 2. The van der Waals surface area contributed by atoms with E-state index in [-0.39, 0.29) is 11.8 Å². The molecule has 1 fully saturated rings. The number of hydrogen-bond donors (Lipinski definition) is 2. The molecule has 0 radical (unpaired) electrons. The minimum absolute atomic E-state index is 0.116. The van der Waals surface area contributed by atoms with E-state index in [2.05, 4.69) is 5.32 Å². The summed E-state index contributed by atoms with van der Waals surface area (Å²) in [5.41, 5.74) is 1.66. The fraction of sp³-hybridized carbons (Fsp3) is 0.462. The van der Waals surface area contributed by atoms with Crippen molar-refractivity contribution in [2.45, 2.75) is 32.3 Å². The van der Waals surface area contributed by atoms with Crippen LogP contribution in [0.4, 0.5) is 5.69 Å². The number of halogens is 1. The second-order valence-corrected chi connectivity index (χ2v) is 4.97. The number of carbonyl (C=O) groups excluding carboxylic acids is 1. The Morgan fingerprint density at radius 3 is 2.82 bits per heavy atom. The van der Waals surface area contributed by atoms with E-state index >= 15 is 0 Å². The van der Waals surface area contributed by atoms with E-state index in [0.29, 0.717) is 17.1 Å². The first kappa shape index (κ1) is 12.4. The summed E-state index contributed by atoms with van der Waals surface area (Å²) >= 11 is 5.98. The molecule has 1 aromatic carbocycles. The van der Waals surface area contributed by atoms with E-state index in [1.165, 1.54) is 0 Å². The lowest BCUT2D eigenvalue weighted by Gasteiger charge is -2.14. The predicted molar refractivity (Wildman–Crippen MR) is 68.2 cm³/mol. The standard InChI is InChI=1S/C13H16ClNO2/c1-8-5-6-9(7-11(8)14)15-13(17)10-3-2-4-12(10)16/h5-7,10,12,16H,2-4H2,1H3,(H,15,17). The molecular formula is C13H16ClNO2. The van der Waals surface area contributed by atoms with E-state index in [1.807, 2.05) is 19.1 Å². The smallest absolute Gasteiger partial charge is 0.230 e. The molecule has 1 aliphatic rings. The molecule has 0 heterocycles. The van der Waals surface area contributed by atoms with Crippen LogP contribution >= 0.6 is 11.6 Å². The lowest BCUT2D eigenvalue weighted by Crippen LogP contribution is -2.28. The zero-order chi connectivity index (χ0) is 12.4. The molecular weight excluding hydrogens is 238 g/mol. The van der Waals surface area contributed by atoms with Crippen LogP contribution in [-0.2, 0) is 4.79 Å². The van der Waals surface area contributed by atoms with Gasteiger partial charge < -0.3 is 10.4 Å². The zero-order valence-corrected chi connectivity index (χ0v) is 10.5. The summed E-state index contributed by atoms with van der Waals surface area (Å²) in [5, 5.41) is 13.1. The van der Waals surface area contributed by atoms with Crippen molar-refractivity contribution in [2.24, 2.45) is 5.92 Å². The minimum atomic E-state index is -0.504. The van der Waals surface area contributed by atoms with E-state index in [0.717, 1.165) is 18.4 Å². The highest BCUT2D eigenvalue weighted by molar-refractivity contribution is 6.31. The Kier molecular flexibility index (Phi) is 3.69. The molecule has 2 N–H and O–H groups in total. The van der Waals surface area contributed by atoms with Crippen LogP contribution in [0, 0.1) is 12.8 Å². The first-order valence-electron chi connectivity index (χ1n) is 5.83. The van der Waals surface area contributed by atoms with Gasteiger partial charge in [-0.15, -0.1) is 0 Å². The van der Waals surface area contributed by atoms with Crippen LogP contribution < -0.4 is 5.32 Å². The third-order valence-electron chi connectivity index (χ3n) is 3.26. The summed E-state index contributed by atoms with van der Waals surface area (Å²) in [6.45, 7) is 1.91. The molecule has 2 rings (SSSR count). The topological polar surface area (TPSA) is 49.3 Å². The van der Waals surface area contributed by atoms with Crippen molar-refractivity contribution in [3.8, 4) is 0 Å². The molecule has 17 heavy (non-hydrogen) atoms. The van der Waals surface area contributed by atoms with Gasteiger partial charge in [-0.25, -0.2) is 0 Å². The molecule has 1 aromatic rings. The summed E-state index contributed by atoms with van der Waals surface area (Å²) in [6, 6.07) is 5.42. The lowest BCUT2D eigenvalue weighted by molar-refractivity contribution is -0.122. The van der Waals surface area contributed by atoms with E-state index in [1.54, 1.807) is 6.07 Å². The largest absolute Gasteiger partial charge is 0.392 e. The maximum absolute atomic E-state index is 11.9. The molecule has 0 spiro atoms. The molecule has 1 amide bonds. The number of rotatable bonds is 2. The fourth-order valence-corrected chi connectivity index (χ4v) is 2.33. The molecule has 0 aliphatic heterocycles. The van der Waals surface area contributed by atoms with Crippen LogP contribution in [0.15, 0.2) is 18.2 Å². The van der Waals surface area contributed by atoms with Crippen LogP contribution in [0.3, 0.4) is 0 Å². The lowest BCUT2D eigenvalue weighted by atomic mass is 10.1. The van der Waals surface area contributed by atoms with Gasteiger partial charge in [0.1, 0.15) is 0 Å². The van der Waals surface area contributed by atoms with Gasteiger partial charge in [0.2, 0.25) is 5.91 Å². The second-order valence-electron chi connectivity index (χ2n) is 4.56. The Morgan fingerprint density at radius 1 is 1.47 bits per heavy atom. The molecule has 0 saturated heterocycles. The molecule has 1 aliphatic carbocycles. The molecule has 0 bridgehead atoms. The van der Waals surface area contributed by atoms with E-state index < -0.39 is 6.10 Å². The van der Waals surface area contributed by atoms with Gasteiger partial charge in [-0.1, -0.05) is 17.7 Å². The Bertz CT molecular complexity index is 433. The van der Waals surface area contributed by atoms with Crippen LogP contribution in [0.1, 0.15) is 24.8 Å². The highest BCUT2D eigenvalue weighted by Crippen LogP contribution is 2.27.